The summed E-state index contributed by atoms with van der Waals surface area (Å²) < 4.78 is 6.26. The molecule has 37 heavy (non-hydrogen) atoms. The number of nitrogens with zero attached hydrogens (tertiary/aromatic N) is 4. The molecule has 5 aromatic carbocycles. The topological polar surface area (TPSA) is 35.8 Å². The summed E-state index contributed by atoms with van der Waals surface area (Å²) in [7, 11) is -0.0861. The first kappa shape index (κ1) is 18.3. The Labute approximate surface area is 211 Å². The number of anilines is 6. The molecule has 5 nitrogen and oxygen atoms in total. The average Bonchev–Trinajstić information content (AvgIpc) is 3.49. The molecule has 0 amide bonds. The molecule has 5 heterocycles. The van der Waals surface area contributed by atoms with E-state index >= 15 is 0 Å². The van der Waals surface area contributed by atoms with E-state index in [0.29, 0.717) is 5.71 Å². The van der Waals surface area contributed by atoms with Gasteiger partial charge in [0, 0.05) is 38.9 Å². The van der Waals surface area contributed by atoms with E-state index in [0.717, 1.165) is 27.7 Å². The molecule has 0 atom stereocenters. The van der Waals surface area contributed by atoms with Crippen molar-refractivity contribution >= 4 is 84.9 Å². The third-order valence-corrected chi connectivity index (χ3v) is 8.31. The predicted molar refractivity (Wildman–Crippen MR) is 152 cm³/mol. The van der Waals surface area contributed by atoms with Gasteiger partial charge in [0.2, 0.25) is 5.71 Å². The SMILES string of the molecule is c1cc2c3c(cccc3c1)N1B3N2c2cnc4oc5ccccc5c4c2N3c2cccc3cccc1c23. The van der Waals surface area contributed by atoms with Crippen LogP contribution in [0.25, 0.3) is 43.6 Å². The van der Waals surface area contributed by atoms with Gasteiger partial charge in [-0.05, 0) is 41.1 Å². The summed E-state index contributed by atoms with van der Waals surface area (Å²) in [6.07, 6.45) is 1.99. The molecule has 2 aromatic heterocycles. The van der Waals surface area contributed by atoms with Gasteiger partial charge in [-0.2, -0.15) is 0 Å². The third-order valence-electron chi connectivity index (χ3n) is 8.31. The largest absolute Gasteiger partial charge is 0.519 e. The number of furan rings is 1. The van der Waals surface area contributed by atoms with E-state index in [1.165, 1.54) is 44.3 Å². The molecule has 0 unspecified atom stereocenters. The Morgan fingerprint density at radius 3 is 1.76 bits per heavy atom. The maximum Gasteiger partial charge on any atom is 0.519 e. The predicted octanol–water partition coefficient (Wildman–Crippen LogP) is 8.03. The smallest absolute Gasteiger partial charge is 0.438 e. The number of pyridine rings is 1. The molecule has 10 rings (SSSR count). The standard InChI is InChI=1S/C31H17BN4O/c1-2-16-26-20(11-1)29-30-25(17-33-31(29)37-26)35-23-14-5-8-18-7-3-12-21(27(18)23)34-22-13-4-9-19-10-6-15-24(28(19)22)36(30)32(34)35/h1-17H. The molecular formula is C31H17BN4O. The second-order valence-corrected chi connectivity index (χ2v) is 10.0. The highest BCUT2D eigenvalue weighted by Crippen LogP contribution is 2.61. The van der Waals surface area contributed by atoms with Crippen LogP contribution in [-0.2, 0) is 0 Å². The Morgan fingerprint density at radius 1 is 0.541 bits per heavy atom. The zero-order valence-electron chi connectivity index (χ0n) is 19.6. The Bertz CT molecular complexity index is 2140. The molecule has 0 spiro atoms. The molecule has 0 saturated heterocycles. The van der Waals surface area contributed by atoms with E-state index in [4.69, 9.17) is 9.40 Å². The molecule has 0 saturated carbocycles. The van der Waals surface area contributed by atoms with Crippen molar-refractivity contribution in [3.05, 3.63) is 103 Å². The lowest BCUT2D eigenvalue weighted by Crippen LogP contribution is -2.59. The Balaban J connectivity index is 1.46. The van der Waals surface area contributed by atoms with Crippen LogP contribution >= 0.6 is 0 Å². The highest BCUT2D eigenvalue weighted by molar-refractivity contribution is 6.81. The monoisotopic (exact) mass is 472 g/mol. The van der Waals surface area contributed by atoms with Crippen molar-refractivity contribution in [2.24, 2.45) is 0 Å². The molecule has 0 N–H and O–H groups in total. The Morgan fingerprint density at radius 2 is 1.11 bits per heavy atom. The molecule has 170 valence electrons. The van der Waals surface area contributed by atoms with Gasteiger partial charge in [-0.15, -0.1) is 0 Å². The van der Waals surface area contributed by atoms with Crippen molar-refractivity contribution in [3.63, 3.8) is 0 Å². The van der Waals surface area contributed by atoms with Gasteiger partial charge in [-0.25, -0.2) is 4.98 Å². The quantitative estimate of drug-likeness (QED) is 0.209. The van der Waals surface area contributed by atoms with Gasteiger partial charge in [0.25, 0.3) is 0 Å². The number of benzene rings is 5. The van der Waals surface area contributed by atoms with Crippen molar-refractivity contribution in [2.75, 3.05) is 14.4 Å². The van der Waals surface area contributed by atoms with Crippen LogP contribution in [0.2, 0.25) is 0 Å². The highest BCUT2D eigenvalue weighted by Gasteiger charge is 2.55. The summed E-state index contributed by atoms with van der Waals surface area (Å²) in [5.74, 6) is 0. The zero-order valence-corrected chi connectivity index (χ0v) is 19.6. The summed E-state index contributed by atoms with van der Waals surface area (Å²) in [5, 5.41) is 7.17. The van der Waals surface area contributed by atoms with Crippen LogP contribution in [0.4, 0.5) is 34.1 Å². The maximum absolute atomic E-state index is 6.26. The van der Waals surface area contributed by atoms with Gasteiger partial charge >= 0.3 is 7.12 Å². The number of fused-ring (bicyclic) bond motifs is 11. The van der Waals surface area contributed by atoms with Crippen molar-refractivity contribution in [1.29, 1.82) is 0 Å². The van der Waals surface area contributed by atoms with Crippen molar-refractivity contribution in [3.8, 4) is 0 Å². The fraction of sp³-hybridized carbons (Fsp3) is 0. The molecule has 3 aliphatic heterocycles. The molecule has 7 aromatic rings. The van der Waals surface area contributed by atoms with E-state index in [2.05, 4.69) is 99.4 Å². The lowest BCUT2D eigenvalue weighted by atomic mass is 9.75. The van der Waals surface area contributed by atoms with Crippen LogP contribution in [0.5, 0.6) is 0 Å². The Hall–Kier alpha value is -4.97. The van der Waals surface area contributed by atoms with Crippen LogP contribution in [0.1, 0.15) is 0 Å². The highest BCUT2D eigenvalue weighted by atomic mass is 16.3. The minimum Gasteiger partial charge on any atom is -0.438 e. The van der Waals surface area contributed by atoms with E-state index in [9.17, 15) is 0 Å². The second-order valence-electron chi connectivity index (χ2n) is 10.0. The second kappa shape index (κ2) is 6.05. The molecule has 0 fully saturated rings. The summed E-state index contributed by atoms with van der Waals surface area (Å²) >= 11 is 0. The van der Waals surface area contributed by atoms with E-state index in [-0.39, 0.29) is 7.12 Å². The molecule has 0 bridgehead atoms. The van der Waals surface area contributed by atoms with Crippen molar-refractivity contribution < 1.29 is 4.42 Å². The number of rotatable bonds is 0. The normalized spacial score (nSPS) is 14.8. The van der Waals surface area contributed by atoms with Crippen LogP contribution in [0.15, 0.2) is 108 Å². The first-order valence-electron chi connectivity index (χ1n) is 12.6. The van der Waals surface area contributed by atoms with E-state index in [1.807, 2.05) is 18.3 Å². The van der Waals surface area contributed by atoms with Gasteiger partial charge in [0.05, 0.1) is 23.0 Å². The number of aromatic nitrogens is 1. The third kappa shape index (κ3) is 1.98. The van der Waals surface area contributed by atoms with Crippen molar-refractivity contribution in [2.45, 2.75) is 0 Å². The molecule has 3 aliphatic rings. The van der Waals surface area contributed by atoms with Crippen LogP contribution in [0.3, 0.4) is 0 Å². The maximum atomic E-state index is 6.26. The number of hydrogen-bond acceptors (Lipinski definition) is 5. The molecular weight excluding hydrogens is 455 g/mol. The minimum absolute atomic E-state index is 0.0861. The van der Waals surface area contributed by atoms with Crippen LogP contribution in [0, 0.1) is 0 Å². The lowest BCUT2D eigenvalue weighted by molar-refractivity contribution is 0.654. The summed E-state index contributed by atoms with van der Waals surface area (Å²) in [5.41, 5.74) is 8.67. The number of hydrogen-bond donors (Lipinski definition) is 0. The average molecular weight is 472 g/mol. The van der Waals surface area contributed by atoms with Gasteiger partial charge < -0.3 is 18.8 Å². The van der Waals surface area contributed by atoms with Gasteiger partial charge in [-0.3, -0.25) is 0 Å². The fourth-order valence-corrected chi connectivity index (χ4v) is 6.95. The first-order valence-corrected chi connectivity index (χ1v) is 12.6. The summed E-state index contributed by atoms with van der Waals surface area (Å²) in [6, 6.07) is 34.8. The Kier molecular flexibility index (Phi) is 3.00. The summed E-state index contributed by atoms with van der Waals surface area (Å²) in [6.45, 7) is 0. The number of para-hydroxylation sites is 1. The van der Waals surface area contributed by atoms with Crippen LogP contribution < -0.4 is 14.4 Å². The molecule has 0 aliphatic carbocycles. The van der Waals surface area contributed by atoms with Gasteiger partial charge in [-0.1, -0.05) is 66.7 Å². The van der Waals surface area contributed by atoms with E-state index in [1.54, 1.807) is 0 Å². The molecule has 6 heteroatoms. The lowest BCUT2D eigenvalue weighted by Gasteiger charge is -2.46. The molecule has 0 radical (unpaired) electrons. The summed E-state index contributed by atoms with van der Waals surface area (Å²) in [4.78, 5) is 12.3. The van der Waals surface area contributed by atoms with Crippen LogP contribution in [-0.4, -0.2) is 12.1 Å². The van der Waals surface area contributed by atoms with E-state index < -0.39 is 0 Å². The van der Waals surface area contributed by atoms with Crippen molar-refractivity contribution in [1.82, 2.24) is 4.98 Å². The minimum atomic E-state index is -0.0861. The van der Waals surface area contributed by atoms with Gasteiger partial charge in [0.15, 0.2) is 0 Å². The fourth-order valence-electron chi connectivity index (χ4n) is 6.95. The zero-order chi connectivity index (χ0) is 23.8. The van der Waals surface area contributed by atoms with Gasteiger partial charge in [0.1, 0.15) is 5.58 Å². The first-order chi connectivity index (χ1) is 18.4.